The zero-order valence-electron chi connectivity index (χ0n) is 19.4. The molecule has 0 aliphatic rings. The van der Waals surface area contributed by atoms with E-state index in [1.807, 2.05) is 24.3 Å². The molecule has 8 nitrogen and oxygen atoms in total. The van der Waals surface area contributed by atoms with Crippen LogP contribution in [0, 0.1) is 0 Å². The maximum Gasteiger partial charge on any atom is 0.329 e. The number of para-hydroxylation sites is 1. The number of rotatable bonds is 8. The van der Waals surface area contributed by atoms with Gasteiger partial charge in [0.2, 0.25) is 0 Å². The number of amides is 3. The molecular formula is C26H26BrN5O3. The molecule has 0 aliphatic heterocycles. The fraction of sp³-hybridized carbons (Fsp3) is 0.154. The third kappa shape index (κ3) is 7.25. The zero-order chi connectivity index (χ0) is 25.2. The van der Waals surface area contributed by atoms with Gasteiger partial charge in [-0.1, -0.05) is 40.2 Å². The molecule has 0 spiro atoms. The molecule has 3 aromatic rings. The molecule has 35 heavy (non-hydrogen) atoms. The molecule has 0 aliphatic carbocycles. The third-order valence-electron chi connectivity index (χ3n) is 5.13. The Morgan fingerprint density at radius 2 is 1.51 bits per heavy atom. The maximum atomic E-state index is 12.7. The van der Waals surface area contributed by atoms with Crippen LogP contribution in [0.15, 0.2) is 82.4 Å². The van der Waals surface area contributed by atoms with Crippen LogP contribution in [0.3, 0.4) is 0 Å². The van der Waals surface area contributed by atoms with E-state index in [0.717, 1.165) is 28.8 Å². The van der Waals surface area contributed by atoms with Crippen molar-refractivity contribution in [1.29, 1.82) is 0 Å². The van der Waals surface area contributed by atoms with Gasteiger partial charge in [0, 0.05) is 28.9 Å². The second kappa shape index (κ2) is 12.5. The second-order valence-electron chi connectivity index (χ2n) is 7.42. The SMILES string of the molecule is CCN(CC)c1ccc(C=NNC(=O)C(=O)Nc2ccccc2C(=O)Nc2ccc(Br)cc2)cc1. The van der Waals surface area contributed by atoms with Gasteiger partial charge in [-0.15, -0.1) is 0 Å². The smallest absolute Gasteiger partial charge is 0.329 e. The van der Waals surface area contributed by atoms with Gasteiger partial charge in [0.15, 0.2) is 0 Å². The lowest BCUT2D eigenvalue weighted by Crippen LogP contribution is -2.33. The van der Waals surface area contributed by atoms with Gasteiger partial charge < -0.3 is 15.5 Å². The lowest BCUT2D eigenvalue weighted by atomic mass is 10.1. The lowest BCUT2D eigenvalue weighted by Gasteiger charge is -2.20. The van der Waals surface area contributed by atoms with Crippen molar-refractivity contribution in [3.8, 4) is 0 Å². The zero-order valence-corrected chi connectivity index (χ0v) is 21.0. The first-order valence-electron chi connectivity index (χ1n) is 11.1. The first-order chi connectivity index (χ1) is 16.9. The van der Waals surface area contributed by atoms with Crippen molar-refractivity contribution in [2.24, 2.45) is 5.10 Å². The highest BCUT2D eigenvalue weighted by Crippen LogP contribution is 2.19. The minimum absolute atomic E-state index is 0.207. The number of hydrogen-bond donors (Lipinski definition) is 3. The van der Waals surface area contributed by atoms with Crippen LogP contribution in [-0.2, 0) is 9.59 Å². The first-order valence-corrected chi connectivity index (χ1v) is 11.9. The molecule has 3 rings (SSSR count). The number of hydrogen-bond acceptors (Lipinski definition) is 5. The van der Waals surface area contributed by atoms with Crippen molar-refractivity contribution in [2.45, 2.75) is 13.8 Å². The summed E-state index contributed by atoms with van der Waals surface area (Å²) in [4.78, 5) is 39.5. The molecule has 0 heterocycles. The molecule has 0 radical (unpaired) electrons. The van der Waals surface area contributed by atoms with Crippen LogP contribution in [0.25, 0.3) is 0 Å². The summed E-state index contributed by atoms with van der Waals surface area (Å²) >= 11 is 3.34. The van der Waals surface area contributed by atoms with E-state index in [-0.39, 0.29) is 11.3 Å². The number of halogens is 1. The summed E-state index contributed by atoms with van der Waals surface area (Å²) in [5, 5.41) is 9.09. The Labute approximate surface area is 212 Å². The van der Waals surface area contributed by atoms with Crippen LogP contribution in [-0.4, -0.2) is 37.0 Å². The summed E-state index contributed by atoms with van der Waals surface area (Å²) in [6.45, 7) is 5.99. The minimum atomic E-state index is -0.955. The Morgan fingerprint density at radius 3 is 2.17 bits per heavy atom. The van der Waals surface area contributed by atoms with E-state index in [2.05, 4.69) is 55.8 Å². The molecular weight excluding hydrogens is 510 g/mol. The molecule has 3 aromatic carbocycles. The Morgan fingerprint density at radius 1 is 0.857 bits per heavy atom. The van der Waals surface area contributed by atoms with E-state index >= 15 is 0 Å². The Balaban J connectivity index is 1.59. The fourth-order valence-corrected chi connectivity index (χ4v) is 3.54. The molecule has 3 amide bonds. The summed E-state index contributed by atoms with van der Waals surface area (Å²) in [6, 6.07) is 21.2. The van der Waals surface area contributed by atoms with Gasteiger partial charge >= 0.3 is 11.8 Å². The average Bonchev–Trinajstić information content (AvgIpc) is 2.87. The van der Waals surface area contributed by atoms with Gasteiger partial charge in [0.1, 0.15) is 0 Å². The topological polar surface area (TPSA) is 103 Å². The number of benzene rings is 3. The molecule has 0 atom stereocenters. The van der Waals surface area contributed by atoms with Crippen molar-refractivity contribution in [1.82, 2.24) is 5.43 Å². The number of carbonyl (C=O) groups is 3. The molecule has 0 fully saturated rings. The Bertz CT molecular complexity index is 1210. The molecule has 0 bridgehead atoms. The Kier molecular flexibility index (Phi) is 9.14. The molecule has 0 saturated carbocycles. The van der Waals surface area contributed by atoms with Gasteiger partial charge in [-0.3, -0.25) is 14.4 Å². The van der Waals surface area contributed by atoms with Crippen LogP contribution >= 0.6 is 15.9 Å². The standard InChI is InChI=1S/C26H26BrN5O3/c1-3-32(4-2)21-15-9-18(10-16-21)17-28-31-26(35)25(34)30-23-8-6-5-7-22(23)24(33)29-20-13-11-19(27)12-14-20/h5-17H,3-4H2,1-2H3,(H,29,33)(H,30,34)(H,31,35). The molecule has 0 unspecified atom stereocenters. The van der Waals surface area contributed by atoms with E-state index in [1.165, 1.54) is 6.21 Å². The number of hydrazone groups is 1. The largest absolute Gasteiger partial charge is 0.372 e. The number of nitrogens with zero attached hydrogens (tertiary/aromatic N) is 2. The second-order valence-corrected chi connectivity index (χ2v) is 8.34. The summed E-state index contributed by atoms with van der Waals surface area (Å²) in [6.07, 6.45) is 1.46. The summed E-state index contributed by atoms with van der Waals surface area (Å²) < 4.78 is 0.883. The van der Waals surface area contributed by atoms with Crippen LogP contribution < -0.4 is 21.0 Å². The maximum absolute atomic E-state index is 12.7. The van der Waals surface area contributed by atoms with Crippen LogP contribution in [0.5, 0.6) is 0 Å². The van der Waals surface area contributed by atoms with E-state index < -0.39 is 17.7 Å². The minimum Gasteiger partial charge on any atom is -0.372 e. The van der Waals surface area contributed by atoms with E-state index in [9.17, 15) is 14.4 Å². The lowest BCUT2D eigenvalue weighted by molar-refractivity contribution is -0.136. The van der Waals surface area contributed by atoms with Gasteiger partial charge in [-0.05, 0) is 67.9 Å². The summed E-state index contributed by atoms with van der Waals surface area (Å²) in [7, 11) is 0. The van der Waals surface area contributed by atoms with Crippen LogP contribution in [0.4, 0.5) is 17.1 Å². The summed E-state index contributed by atoms with van der Waals surface area (Å²) in [5.74, 6) is -2.32. The quantitative estimate of drug-likeness (QED) is 0.222. The highest BCUT2D eigenvalue weighted by Gasteiger charge is 2.17. The van der Waals surface area contributed by atoms with Crippen molar-refractivity contribution < 1.29 is 14.4 Å². The monoisotopic (exact) mass is 535 g/mol. The number of anilines is 3. The average molecular weight is 536 g/mol. The predicted octanol–water partition coefficient (Wildman–Crippen LogP) is 4.64. The predicted molar refractivity (Wildman–Crippen MR) is 143 cm³/mol. The highest BCUT2D eigenvalue weighted by atomic mass is 79.9. The van der Waals surface area contributed by atoms with Crippen molar-refractivity contribution in [3.05, 3.63) is 88.4 Å². The normalized spacial score (nSPS) is 10.6. The highest BCUT2D eigenvalue weighted by molar-refractivity contribution is 9.10. The fourth-order valence-electron chi connectivity index (χ4n) is 3.28. The van der Waals surface area contributed by atoms with E-state index in [4.69, 9.17) is 0 Å². The summed E-state index contributed by atoms with van der Waals surface area (Å²) in [5.41, 5.74) is 5.09. The molecule has 3 N–H and O–H groups in total. The van der Waals surface area contributed by atoms with Crippen molar-refractivity contribution >= 4 is 56.9 Å². The van der Waals surface area contributed by atoms with Gasteiger partial charge in [-0.2, -0.15) is 5.10 Å². The van der Waals surface area contributed by atoms with Gasteiger partial charge in [-0.25, -0.2) is 5.43 Å². The molecule has 9 heteroatoms. The number of nitrogens with one attached hydrogen (secondary N) is 3. The van der Waals surface area contributed by atoms with Crippen molar-refractivity contribution in [2.75, 3.05) is 28.6 Å². The third-order valence-corrected chi connectivity index (χ3v) is 5.66. The van der Waals surface area contributed by atoms with Crippen molar-refractivity contribution in [3.63, 3.8) is 0 Å². The molecule has 0 saturated heterocycles. The molecule has 180 valence electrons. The Hall–Kier alpha value is -3.98. The van der Waals surface area contributed by atoms with E-state index in [0.29, 0.717) is 5.69 Å². The van der Waals surface area contributed by atoms with Crippen LogP contribution in [0.1, 0.15) is 29.8 Å². The van der Waals surface area contributed by atoms with E-state index in [1.54, 1.807) is 48.5 Å². The number of carbonyl (C=O) groups excluding carboxylic acids is 3. The van der Waals surface area contributed by atoms with Gasteiger partial charge in [0.25, 0.3) is 5.91 Å². The first kappa shape index (κ1) is 25.6. The van der Waals surface area contributed by atoms with Crippen LogP contribution in [0.2, 0.25) is 0 Å². The molecule has 0 aromatic heterocycles. The van der Waals surface area contributed by atoms with Gasteiger partial charge in [0.05, 0.1) is 17.5 Å².